The van der Waals surface area contributed by atoms with E-state index in [2.05, 4.69) is 10.3 Å². The maximum Gasteiger partial charge on any atom is 0.423 e. The Labute approximate surface area is 151 Å². The quantitative estimate of drug-likeness (QED) is 0.621. The minimum Gasteiger partial charge on any atom is -0.371 e. The molecule has 140 valence electrons. The third-order valence-corrected chi connectivity index (χ3v) is 5.18. The van der Waals surface area contributed by atoms with Crippen LogP contribution in [0, 0.1) is 17.0 Å². The van der Waals surface area contributed by atoms with Crippen LogP contribution >= 0.6 is 11.3 Å². The van der Waals surface area contributed by atoms with Crippen LogP contribution in [0.3, 0.4) is 0 Å². The molecular weight excluding hydrogens is 369 g/mol. The van der Waals surface area contributed by atoms with Crippen LogP contribution in [0.5, 0.6) is 0 Å². The number of anilines is 2. The highest BCUT2D eigenvalue weighted by atomic mass is 32.1. The summed E-state index contributed by atoms with van der Waals surface area (Å²) in [5, 5.41) is 17.0. The van der Waals surface area contributed by atoms with Gasteiger partial charge in [0.05, 0.1) is 10.6 Å². The highest BCUT2D eigenvalue weighted by molar-refractivity contribution is 7.13. The van der Waals surface area contributed by atoms with Gasteiger partial charge in [0, 0.05) is 36.3 Å². The lowest BCUT2D eigenvalue weighted by molar-refractivity contribution is -0.388. The first-order valence-corrected chi connectivity index (χ1v) is 8.91. The molecule has 1 aliphatic heterocycles. The van der Waals surface area contributed by atoms with Crippen molar-refractivity contribution >= 4 is 27.8 Å². The Morgan fingerprint density at radius 1 is 1.35 bits per heavy atom. The molecule has 3 rings (SSSR count). The maximum atomic E-state index is 13.1. The summed E-state index contributed by atoms with van der Waals surface area (Å²) in [5.41, 5.74) is -0.831. The zero-order valence-corrected chi connectivity index (χ0v) is 14.7. The first kappa shape index (κ1) is 18.4. The molecule has 0 saturated carbocycles. The molecule has 0 bridgehead atoms. The second-order valence-corrected chi connectivity index (χ2v) is 7.01. The van der Waals surface area contributed by atoms with Crippen molar-refractivity contribution in [2.24, 2.45) is 0 Å². The van der Waals surface area contributed by atoms with Crippen molar-refractivity contribution < 1.29 is 18.1 Å². The largest absolute Gasteiger partial charge is 0.423 e. The predicted octanol–water partition coefficient (Wildman–Crippen LogP) is 4.46. The summed E-state index contributed by atoms with van der Waals surface area (Å²) in [6.45, 7) is 3.05. The number of benzene rings is 1. The van der Waals surface area contributed by atoms with E-state index in [1.54, 1.807) is 0 Å². The van der Waals surface area contributed by atoms with Gasteiger partial charge in [-0.15, -0.1) is 11.3 Å². The van der Waals surface area contributed by atoms with Gasteiger partial charge >= 0.3 is 6.18 Å². The zero-order valence-electron chi connectivity index (χ0n) is 13.9. The van der Waals surface area contributed by atoms with Crippen LogP contribution < -0.4 is 10.2 Å². The molecule has 2 heterocycles. The molecule has 10 heteroatoms. The summed E-state index contributed by atoms with van der Waals surface area (Å²) < 4.78 is 39.4. The lowest BCUT2D eigenvalue weighted by atomic mass is 10.0. The van der Waals surface area contributed by atoms with Crippen molar-refractivity contribution in [1.82, 2.24) is 4.98 Å². The van der Waals surface area contributed by atoms with Gasteiger partial charge in [-0.3, -0.25) is 10.1 Å². The van der Waals surface area contributed by atoms with Gasteiger partial charge in [0.2, 0.25) is 0 Å². The monoisotopic (exact) mass is 386 g/mol. The molecule has 1 aromatic carbocycles. The highest BCUT2D eigenvalue weighted by Gasteiger charge is 2.39. The third-order valence-electron chi connectivity index (χ3n) is 4.29. The summed E-state index contributed by atoms with van der Waals surface area (Å²) >= 11 is 1.52. The van der Waals surface area contributed by atoms with Crippen LogP contribution in [0.4, 0.5) is 29.7 Å². The minimum absolute atomic E-state index is 0.205. The van der Waals surface area contributed by atoms with E-state index in [0.29, 0.717) is 18.8 Å². The number of alkyl halides is 3. The summed E-state index contributed by atoms with van der Waals surface area (Å²) in [5.74, 6) is 0. The second-order valence-electron chi connectivity index (χ2n) is 6.16. The van der Waals surface area contributed by atoms with Gasteiger partial charge < -0.3 is 10.2 Å². The molecule has 1 N–H and O–H groups in total. The average molecular weight is 386 g/mol. The van der Waals surface area contributed by atoms with Crippen LogP contribution in [0.15, 0.2) is 23.6 Å². The molecule has 0 atom stereocenters. The van der Waals surface area contributed by atoms with E-state index in [4.69, 9.17) is 0 Å². The molecule has 0 aliphatic carbocycles. The van der Waals surface area contributed by atoms with Crippen molar-refractivity contribution in [3.8, 4) is 0 Å². The van der Waals surface area contributed by atoms with Crippen molar-refractivity contribution in [1.29, 1.82) is 0 Å². The lowest BCUT2D eigenvalue weighted by Crippen LogP contribution is -2.39. The number of halogens is 3. The van der Waals surface area contributed by atoms with Crippen molar-refractivity contribution in [2.75, 3.05) is 23.3 Å². The average Bonchev–Trinajstić information content (AvgIpc) is 2.99. The molecule has 0 amide bonds. The number of nitro groups is 1. The van der Waals surface area contributed by atoms with Gasteiger partial charge in [-0.05, 0) is 31.9 Å². The topological polar surface area (TPSA) is 71.3 Å². The van der Waals surface area contributed by atoms with E-state index in [9.17, 15) is 23.3 Å². The number of thiazole rings is 1. The summed E-state index contributed by atoms with van der Waals surface area (Å²) in [6, 6.07) is 3.39. The standard InChI is InChI=1S/C16H17F3N4O2S/c1-10-9-26-15(20-10)21-11-4-6-22(7-5-11)12-2-3-14(23(24)25)13(8-12)16(17,18)19/h2-3,8-9,11H,4-7H2,1H3,(H,20,21). The van der Waals surface area contributed by atoms with E-state index in [0.717, 1.165) is 35.8 Å². The van der Waals surface area contributed by atoms with E-state index in [-0.39, 0.29) is 6.04 Å². The fraction of sp³-hybridized carbons (Fsp3) is 0.438. The first-order chi connectivity index (χ1) is 12.2. The van der Waals surface area contributed by atoms with Crippen molar-refractivity contribution in [2.45, 2.75) is 32.0 Å². The molecule has 2 aromatic rings. The van der Waals surface area contributed by atoms with Crippen LogP contribution in [0.25, 0.3) is 0 Å². The molecule has 1 aromatic heterocycles. The van der Waals surface area contributed by atoms with Crippen LogP contribution in [0.1, 0.15) is 24.1 Å². The van der Waals surface area contributed by atoms with Crippen LogP contribution in [-0.2, 0) is 6.18 Å². The van der Waals surface area contributed by atoms with E-state index < -0.39 is 22.4 Å². The number of aryl methyl sites for hydroxylation is 1. The Balaban J connectivity index is 1.70. The highest BCUT2D eigenvalue weighted by Crippen LogP contribution is 2.38. The molecule has 1 saturated heterocycles. The Morgan fingerprint density at radius 2 is 2.04 bits per heavy atom. The van der Waals surface area contributed by atoms with Crippen molar-refractivity contribution in [3.63, 3.8) is 0 Å². The van der Waals surface area contributed by atoms with E-state index >= 15 is 0 Å². The summed E-state index contributed by atoms with van der Waals surface area (Å²) in [4.78, 5) is 16.0. The van der Waals surface area contributed by atoms with Crippen LogP contribution in [0.2, 0.25) is 0 Å². The molecule has 0 spiro atoms. The van der Waals surface area contributed by atoms with E-state index in [1.807, 2.05) is 17.2 Å². The maximum absolute atomic E-state index is 13.1. The normalized spacial score (nSPS) is 15.9. The fourth-order valence-corrected chi connectivity index (χ4v) is 3.75. The number of hydrogen-bond donors (Lipinski definition) is 1. The SMILES string of the molecule is Cc1csc(NC2CCN(c3ccc([N+](=O)[O-])c(C(F)(F)F)c3)CC2)n1. The summed E-state index contributed by atoms with van der Waals surface area (Å²) in [7, 11) is 0. The Morgan fingerprint density at radius 3 is 2.58 bits per heavy atom. The first-order valence-electron chi connectivity index (χ1n) is 8.03. The molecule has 6 nitrogen and oxygen atoms in total. The number of piperidine rings is 1. The minimum atomic E-state index is -4.76. The van der Waals surface area contributed by atoms with Crippen molar-refractivity contribution in [3.05, 3.63) is 45.0 Å². The molecule has 0 radical (unpaired) electrons. The predicted molar refractivity (Wildman–Crippen MR) is 93.8 cm³/mol. The van der Waals surface area contributed by atoms with Gasteiger partial charge in [-0.2, -0.15) is 13.2 Å². The molecule has 1 fully saturated rings. The smallest absolute Gasteiger partial charge is 0.371 e. The lowest BCUT2D eigenvalue weighted by Gasteiger charge is -2.34. The van der Waals surface area contributed by atoms with Gasteiger partial charge in [-0.25, -0.2) is 4.98 Å². The van der Waals surface area contributed by atoms with Gasteiger partial charge in [0.1, 0.15) is 5.56 Å². The van der Waals surface area contributed by atoms with Crippen LogP contribution in [-0.4, -0.2) is 29.0 Å². The third kappa shape index (κ3) is 4.06. The summed E-state index contributed by atoms with van der Waals surface area (Å²) in [6.07, 6.45) is -3.27. The molecule has 0 unspecified atom stereocenters. The fourth-order valence-electron chi connectivity index (χ4n) is 2.98. The number of nitro benzene ring substituents is 1. The zero-order chi connectivity index (χ0) is 18.9. The Bertz CT molecular complexity index is 801. The number of nitrogens with zero attached hydrogens (tertiary/aromatic N) is 3. The van der Waals surface area contributed by atoms with E-state index in [1.165, 1.54) is 17.4 Å². The van der Waals surface area contributed by atoms with Gasteiger partial charge in [-0.1, -0.05) is 0 Å². The molecule has 26 heavy (non-hydrogen) atoms. The Kier molecular flexibility index (Phi) is 5.03. The number of hydrogen-bond acceptors (Lipinski definition) is 6. The second kappa shape index (κ2) is 7.10. The number of aromatic nitrogens is 1. The molecular formula is C16H17F3N4O2S. The molecule has 1 aliphatic rings. The number of nitrogens with one attached hydrogen (secondary N) is 1. The Hall–Kier alpha value is -2.36. The number of rotatable bonds is 4. The van der Waals surface area contributed by atoms with Gasteiger partial charge in [0.15, 0.2) is 5.13 Å². The van der Waals surface area contributed by atoms with Gasteiger partial charge in [0.25, 0.3) is 5.69 Å².